The van der Waals surface area contributed by atoms with Crippen molar-refractivity contribution in [1.82, 2.24) is 0 Å². The standard InChI is InChI=1S/C32H60O4/c1-3-5-7-9-10-11-12-13-14-15-16-17-19-25-29-32(35)36-30(26-22-18-8-6-4-2)27-23-20-21-24-28-31(33)34/h12-13,30H,3-11,14-29H2,1-2H3,(H,33,34)/b13-12-. The van der Waals surface area contributed by atoms with Gasteiger partial charge in [0.1, 0.15) is 6.10 Å². The normalized spacial score (nSPS) is 12.3. The van der Waals surface area contributed by atoms with Crippen LogP contribution in [0.15, 0.2) is 12.2 Å². The van der Waals surface area contributed by atoms with Gasteiger partial charge in [0.05, 0.1) is 0 Å². The fraction of sp³-hybridized carbons (Fsp3) is 0.875. The Morgan fingerprint density at radius 3 is 1.50 bits per heavy atom. The van der Waals surface area contributed by atoms with Crippen LogP contribution in [0.4, 0.5) is 0 Å². The van der Waals surface area contributed by atoms with E-state index in [0.717, 1.165) is 57.8 Å². The highest BCUT2D eigenvalue weighted by Gasteiger charge is 2.14. The van der Waals surface area contributed by atoms with E-state index in [-0.39, 0.29) is 18.5 Å². The van der Waals surface area contributed by atoms with Gasteiger partial charge in [-0.1, -0.05) is 109 Å². The summed E-state index contributed by atoms with van der Waals surface area (Å²) < 4.78 is 5.87. The first kappa shape index (κ1) is 34.7. The van der Waals surface area contributed by atoms with Crippen LogP contribution in [0.1, 0.15) is 174 Å². The second-order valence-corrected chi connectivity index (χ2v) is 10.6. The molecule has 212 valence electrons. The zero-order valence-corrected chi connectivity index (χ0v) is 24.1. The van der Waals surface area contributed by atoms with Crippen molar-refractivity contribution >= 4 is 11.9 Å². The fourth-order valence-electron chi connectivity index (χ4n) is 4.65. The van der Waals surface area contributed by atoms with Crippen LogP contribution in [0.2, 0.25) is 0 Å². The van der Waals surface area contributed by atoms with Crippen molar-refractivity contribution in [2.75, 3.05) is 0 Å². The minimum Gasteiger partial charge on any atom is -0.481 e. The van der Waals surface area contributed by atoms with Crippen LogP contribution >= 0.6 is 0 Å². The minimum absolute atomic E-state index is 0.0266. The molecule has 4 heteroatoms. The molecule has 1 unspecified atom stereocenters. The van der Waals surface area contributed by atoms with Crippen molar-refractivity contribution in [1.29, 1.82) is 0 Å². The highest BCUT2D eigenvalue weighted by Crippen LogP contribution is 2.18. The summed E-state index contributed by atoms with van der Waals surface area (Å²) in [7, 11) is 0. The first-order valence-corrected chi connectivity index (χ1v) is 15.7. The lowest BCUT2D eigenvalue weighted by Crippen LogP contribution is -2.18. The van der Waals surface area contributed by atoms with Crippen molar-refractivity contribution in [2.24, 2.45) is 0 Å². The van der Waals surface area contributed by atoms with Crippen LogP contribution < -0.4 is 0 Å². The van der Waals surface area contributed by atoms with E-state index in [4.69, 9.17) is 9.84 Å². The van der Waals surface area contributed by atoms with Crippen LogP contribution in [-0.4, -0.2) is 23.1 Å². The Bertz CT molecular complexity index is 514. The molecule has 0 heterocycles. The lowest BCUT2D eigenvalue weighted by atomic mass is 10.0. The summed E-state index contributed by atoms with van der Waals surface area (Å²) in [5.41, 5.74) is 0. The van der Waals surface area contributed by atoms with Gasteiger partial charge in [0.25, 0.3) is 0 Å². The molecule has 0 aliphatic carbocycles. The molecule has 0 spiro atoms. The minimum atomic E-state index is -0.714. The third kappa shape index (κ3) is 27.3. The largest absolute Gasteiger partial charge is 0.481 e. The topological polar surface area (TPSA) is 63.6 Å². The molecular formula is C32H60O4. The van der Waals surface area contributed by atoms with Gasteiger partial charge in [-0.3, -0.25) is 9.59 Å². The Morgan fingerprint density at radius 1 is 0.583 bits per heavy atom. The molecule has 0 saturated heterocycles. The number of carbonyl (C=O) groups is 2. The molecule has 0 aliphatic heterocycles. The van der Waals surface area contributed by atoms with Gasteiger partial charge in [0.2, 0.25) is 0 Å². The molecule has 0 aromatic heterocycles. The van der Waals surface area contributed by atoms with Crippen molar-refractivity contribution in [3.8, 4) is 0 Å². The number of rotatable bonds is 28. The van der Waals surface area contributed by atoms with Gasteiger partial charge in [-0.05, 0) is 64.2 Å². The Balaban J connectivity index is 3.88. The van der Waals surface area contributed by atoms with Crippen LogP contribution in [0.3, 0.4) is 0 Å². The van der Waals surface area contributed by atoms with E-state index in [0.29, 0.717) is 6.42 Å². The van der Waals surface area contributed by atoms with E-state index in [1.165, 1.54) is 89.9 Å². The molecule has 1 N–H and O–H groups in total. The number of carboxylic acid groups (broad SMARTS) is 1. The van der Waals surface area contributed by atoms with Crippen molar-refractivity contribution in [2.45, 2.75) is 180 Å². The zero-order chi connectivity index (χ0) is 26.5. The van der Waals surface area contributed by atoms with E-state index in [1.54, 1.807) is 0 Å². The number of allylic oxidation sites excluding steroid dienone is 2. The summed E-state index contributed by atoms with van der Waals surface area (Å²) in [5.74, 6) is -0.740. The Hall–Kier alpha value is -1.32. The van der Waals surface area contributed by atoms with Crippen LogP contribution in [0.25, 0.3) is 0 Å². The monoisotopic (exact) mass is 508 g/mol. The molecule has 0 saturated carbocycles. The fourth-order valence-corrected chi connectivity index (χ4v) is 4.65. The van der Waals surface area contributed by atoms with Gasteiger partial charge < -0.3 is 9.84 Å². The quantitative estimate of drug-likeness (QED) is 0.0648. The van der Waals surface area contributed by atoms with Crippen LogP contribution in [0.5, 0.6) is 0 Å². The molecular weight excluding hydrogens is 448 g/mol. The zero-order valence-electron chi connectivity index (χ0n) is 24.1. The highest BCUT2D eigenvalue weighted by molar-refractivity contribution is 5.69. The van der Waals surface area contributed by atoms with E-state index in [9.17, 15) is 9.59 Å². The maximum atomic E-state index is 12.4. The predicted octanol–water partition coefficient (Wildman–Crippen LogP) is 10.3. The molecule has 0 rings (SSSR count). The van der Waals surface area contributed by atoms with Gasteiger partial charge in [-0.15, -0.1) is 0 Å². The number of aliphatic carboxylic acids is 1. The number of ether oxygens (including phenoxy) is 1. The van der Waals surface area contributed by atoms with E-state index < -0.39 is 5.97 Å². The summed E-state index contributed by atoms with van der Waals surface area (Å²) in [6.45, 7) is 4.49. The number of unbranched alkanes of at least 4 members (excludes halogenated alkanes) is 17. The SMILES string of the molecule is CCCCCCC/C=C\CCCCCCCC(=O)OC(CCCCCCC)CCCCCCC(=O)O. The van der Waals surface area contributed by atoms with E-state index >= 15 is 0 Å². The molecule has 0 aromatic carbocycles. The van der Waals surface area contributed by atoms with Gasteiger partial charge in [0.15, 0.2) is 0 Å². The van der Waals surface area contributed by atoms with Gasteiger partial charge in [-0.25, -0.2) is 0 Å². The number of carbonyl (C=O) groups excluding carboxylic acids is 1. The Labute approximate surface area is 224 Å². The molecule has 1 atom stereocenters. The van der Waals surface area contributed by atoms with Crippen molar-refractivity contribution in [3.05, 3.63) is 12.2 Å². The van der Waals surface area contributed by atoms with Crippen molar-refractivity contribution < 1.29 is 19.4 Å². The molecule has 0 radical (unpaired) electrons. The molecule has 0 aliphatic rings. The molecule has 0 bridgehead atoms. The first-order chi connectivity index (χ1) is 17.6. The number of hydrogen-bond acceptors (Lipinski definition) is 3. The van der Waals surface area contributed by atoms with E-state index in [2.05, 4.69) is 26.0 Å². The molecule has 0 fully saturated rings. The lowest BCUT2D eigenvalue weighted by molar-refractivity contribution is -0.150. The number of hydrogen-bond donors (Lipinski definition) is 1. The summed E-state index contributed by atoms with van der Waals surface area (Å²) >= 11 is 0. The summed E-state index contributed by atoms with van der Waals surface area (Å²) in [5, 5.41) is 8.75. The second-order valence-electron chi connectivity index (χ2n) is 10.6. The highest BCUT2D eigenvalue weighted by atomic mass is 16.5. The lowest BCUT2D eigenvalue weighted by Gasteiger charge is -2.18. The molecule has 0 amide bonds. The van der Waals surface area contributed by atoms with Crippen LogP contribution in [0, 0.1) is 0 Å². The molecule has 4 nitrogen and oxygen atoms in total. The van der Waals surface area contributed by atoms with Gasteiger partial charge in [0, 0.05) is 12.8 Å². The number of esters is 1. The summed E-state index contributed by atoms with van der Waals surface area (Å²) in [4.78, 5) is 23.1. The van der Waals surface area contributed by atoms with Gasteiger partial charge >= 0.3 is 11.9 Å². The maximum Gasteiger partial charge on any atom is 0.306 e. The third-order valence-electron chi connectivity index (χ3n) is 6.99. The van der Waals surface area contributed by atoms with Crippen molar-refractivity contribution in [3.63, 3.8) is 0 Å². The maximum absolute atomic E-state index is 12.4. The Kier molecular flexibility index (Phi) is 27.2. The average Bonchev–Trinajstić information content (AvgIpc) is 2.85. The average molecular weight is 509 g/mol. The predicted molar refractivity (Wildman–Crippen MR) is 153 cm³/mol. The second kappa shape index (κ2) is 28.3. The van der Waals surface area contributed by atoms with Gasteiger partial charge in [-0.2, -0.15) is 0 Å². The van der Waals surface area contributed by atoms with E-state index in [1.807, 2.05) is 0 Å². The summed E-state index contributed by atoms with van der Waals surface area (Å²) in [6.07, 6.45) is 32.2. The Morgan fingerprint density at radius 2 is 1.00 bits per heavy atom. The molecule has 36 heavy (non-hydrogen) atoms. The van der Waals surface area contributed by atoms with Crippen LogP contribution in [-0.2, 0) is 14.3 Å². The third-order valence-corrected chi connectivity index (χ3v) is 6.99. The smallest absolute Gasteiger partial charge is 0.306 e. The first-order valence-electron chi connectivity index (χ1n) is 15.7. The summed E-state index contributed by atoms with van der Waals surface area (Å²) in [6, 6.07) is 0. The number of carboxylic acids is 1. The molecule has 0 aromatic rings.